The third-order valence-electron chi connectivity index (χ3n) is 3.37. The molecule has 2 aromatic heterocycles. The molecule has 1 aliphatic carbocycles. The van der Waals surface area contributed by atoms with Gasteiger partial charge in [0.1, 0.15) is 0 Å². The van der Waals surface area contributed by atoms with E-state index in [4.69, 9.17) is 4.74 Å². The number of aromatic nitrogens is 2. The van der Waals surface area contributed by atoms with Crippen molar-refractivity contribution in [1.82, 2.24) is 15.0 Å². The highest BCUT2D eigenvalue weighted by molar-refractivity contribution is 7.15. The standard InChI is InChI=1S/C14H14F3N3O3S/c1-2-22-13(21)20(8-3-4-8)7-9-5-6-10(24-9)11-18-12(23-19-11)14(15,16)17/h5-6,8H,2-4,7H2,1H3. The number of ether oxygens (including phenoxy) is 1. The number of carbonyl (C=O) groups is 1. The quantitative estimate of drug-likeness (QED) is 0.807. The van der Waals surface area contributed by atoms with Gasteiger partial charge in [0, 0.05) is 10.9 Å². The lowest BCUT2D eigenvalue weighted by molar-refractivity contribution is -0.159. The molecule has 3 rings (SSSR count). The Morgan fingerprint density at radius 3 is 2.79 bits per heavy atom. The molecule has 1 aliphatic rings. The summed E-state index contributed by atoms with van der Waals surface area (Å²) in [5.41, 5.74) is 0. The monoisotopic (exact) mass is 361 g/mol. The summed E-state index contributed by atoms with van der Waals surface area (Å²) in [6.45, 7) is 2.37. The second kappa shape index (κ2) is 6.42. The molecule has 0 unspecified atom stereocenters. The first-order valence-electron chi connectivity index (χ1n) is 7.32. The highest BCUT2D eigenvalue weighted by Crippen LogP contribution is 2.34. The summed E-state index contributed by atoms with van der Waals surface area (Å²) in [6, 6.07) is 3.51. The summed E-state index contributed by atoms with van der Waals surface area (Å²) in [6.07, 6.45) is -3.19. The highest BCUT2D eigenvalue weighted by Gasteiger charge is 2.39. The molecule has 130 valence electrons. The van der Waals surface area contributed by atoms with E-state index in [9.17, 15) is 18.0 Å². The molecule has 0 saturated heterocycles. The maximum absolute atomic E-state index is 12.5. The lowest BCUT2D eigenvalue weighted by atomic mass is 10.4. The minimum absolute atomic E-state index is 0.118. The van der Waals surface area contributed by atoms with Crippen molar-refractivity contribution in [2.24, 2.45) is 0 Å². The Morgan fingerprint density at radius 2 is 2.21 bits per heavy atom. The number of thiophene rings is 1. The number of rotatable bonds is 5. The van der Waals surface area contributed by atoms with Gasteiger partial charge in [-0.2, -0.15) is 18.2 Å². The van der Waals surface area contributed by atoms with Gasteiger partial charge in [0.25, 0.3) is 0 Å². The van der Waals surface area contributed by atoms with Gasteiger partial charge in [-0.05, 0) is 31.9 Å². The number of halogens is 3. The Bertz CT molecular complexity index is 724. The van der Waals surface area contributed by atoms with Crippen LogP contribution >= 0.6 is 11.3 Å². The molecule has 1 fully saturated rings. The van der Waals surface area contributed by atoms with Crippen molar-refractivity contribution in [1.29, 1.82) is 0 Å². The molecule has 6 nitrogen and oxygen atoms in total. The van der Waals surface area contributed by atoms with E-state index < -0.39 is 12.1 Å². The van der Waals surface area contributed by atoms with Gasteiger partial charge in [-0.1, -0.05) is 5.16 Å². The van der Waals surface area contributed by atoms with E-state index in [1.807, 2.05) is 0 Å². The van der Waals surface area contributed by atoms with Gasteiger partial charge < -0.3 is 14.2 Å². The molecule has 0 N–H and O–H groups in total. The van der Waals surface area contributed by atoms with E-state index in [0.717, 1.165) is 17.7 Å². The number of amides is 1. The van der Waals surface area contributed by atoms with Crippen molar-refractivity contribution in [2.75, 3.05) is 6.61 Å². The molecule has 24 heavy (non-hydrogen) atoms. The van der Waals surface area contributed by atoms with Crippen LogP contribution in [0.5, 0.6) is 0 Å². The van der Waals surface area contributed by atoms with Crippen molar-refractivity contribution in [3.63, 3.8) is 0 Å². The normalized spacial score (nSPS) is 14.7. The summed E-state index contributed by atoms with van der Waals surface area (Å²) < 4.78 is 46.8. The van der Waals surface area contributed by atoms with Crippen molar-refractivity contribution in [3.05, 3.63) is 22.9 Å². The van der Waals surface area contributed by atoms with Crippen molar-refractivity contribution < 1.29 is 27.2 Å². The predicted octanol–water partition coefficient (Wildman–Crippen LogP) is 3.94. The zero-order valence-corrected chi connectivity index (χ0v) is 13.5. The summed E-state index contributed by atoms with van der Waals surface area (Å²) >= 11 is 1.22. The third kappa shape index (κ3) is 3.69. The van der Waals surface area contributed by atoms with E-state index in [0.29, 0.717) is 18.0 Å². The van der Waals surface area contributed by atoms with E-state index in [-0.39, 0.29) is 18.0 Å². The predicted molar refractivity (Wildman–Crippen MR) is 78.2 cm³/mol. The number of hydrogen-bond acceptors (Lipinski definition) is 6. The average molecular weight is 361 g/mol. The fourth-order valence-corrected chi connectivity index (χ4v) is 3.06. The number of nitrogens with zero attached hydrogens (tertiary/aromatic N) is 3. The Morgan fingerprint density at radius 1 is 1.46 bits per heavy atom. The first-order valence-corrected chi connectivity index (χ1v) is 8.13. The van der Waals surface area contributed by atoms with Gasteiger partial charge >= 0.3 is 18.2 Å². The molecule has 10 heteroatoms. The average Bonchev–Trinajstić information content (AvgIpc) is 3.03. The molecule has 1 amide bonds. The molecule has 0 aliphatic heterocycles. The minimum Gasteiger partial charge on any atom is -0.450 e. The number of carbonyl (C=O) groups excluding carboxylic acids is 1. The molecular formula is C14H14F3N3O3S. The van der Waals surface area contributed by atoms with Crippen molar-refractivity contribution in [2.45, 2.75) is 38.5 Å². The van der Waals surface area contributed by atoms with Gasteiger partial charge in [0.2, 0.25) is 5.82 Å². The van der Waals surface area contributed by atoms with Crippen LogP contribution in [0.25, 0.3) is 10.7 Å². The molecule has 2 heterocycles. The van der Waals surface area contributed by atoms with Crippen LogP contribution in [0.2, 0.25) is 0 Å². The van der Waals surface area contributed by atoms with Gasteiger partial charge in [0.05, 0.1) is 18.0 Å². The van der Waals surface area contributed by atoms with E-state index >= 15 is 0 Å². The van der Waals surface area contributed by atoms with Crippen LogP contribution in [0.4, 0.5) is 18.0 Å². The molecule has 0 spiro atoms. The maximum Gasteiger partial charge on any atom is 0.471 e. The summed E-state index contributed by atoms with van der Waals surface area (Å²) in [7, 11) is 0. The Kier molecular flexibility index (Phi) is 4.48. The smallest absolute Gasteiger partial charge is 0.450 e. The van der Waals surface area contributed by atoms with Crippen molar-refractivity contribution >= 4 is 17.4 Å². The Hall–Kier alpha value is -2.10. The van der Waals surface area contributed by atoms with Crippen LogP contribution in [-0.2, 0) is 17.5 Å². The zero-order valence-electron chi connectivity index (χ0n) is 12.7. The number of hydrogen-bond donors (Lipinski definition) is 0. The topological polar surface area (TPSA) is 68.5 Å². The van der Waals surface area contributed by atoms with Crippen LogP contribution in [0, 0.1) is 0 Å². The van der Waals surface area contributed by atoms with Gasteiger partial charge in [-0.15, -0.1) is 11.3 Å². The molecule has 1 saturated carbocycles. The Labute approximate surface area is 139 Å². The molecule has 0 bridgehead atoms. The van der Waals surface area contributed by atoms with E-state index in [2.05, 4.69) is 14.7 Å². The van der Waals surface area contributed by atoms with Crippen LogP contribution in [0.3, 0.4) is 0 Å². The summed E-state index contributed by atoms with van der Waals surface area (Å²) in [4.78, 5) is 18.2. The molecule has 0 radical (unpaired) electrons. The lowest BCUT2D eigenvalue weighted by Gasteiger charge is -2.20. The lowest BCUT2D eigenvalue weighted by Crippen LogP contribution is -2.32. The van der Waals surface area contributed by atoms with E-state index in [1.54, 1.807) is 24.0 Å². The van der Waals surface area contributed by atoms with Gasteiger partial charge in [-0.25, -0.2) is 4.79 Å². The fourth-order valence-electron chi connectivity index (χ4n) is 2.12. The Balaban J connectivity index is 1.73. The van der Waals surface area contributed by atoms with Crippen LogP contribution in [0.15, 0.2) is 16.7 Å². The minimum atomic E-state index is -4.67. The van der Waals surface area contributed by atoms with E-state index in [1.165, 1.54) is 11.3 Å². The summed E-state index contributed by atoms with van der Waals surface area (Å²) in [5, 5.41) is 3.36. The van der Waals surface area contributed by atoms with Crippen LogP contribution in [-0.4, -0.2) is 33.8 Å². The highest BCUT2D eigenvalue weighted by atomic mass is 32.1. The van der Waals surface area contributed by atoms with Crippen molar-refractivity contribution in [3.8, 4) is 10.7 Å². The fraction of sp³-hybridized carbons (Fsp3) is 0.500. The van der Waals surface area contributed by atoms with Gasteiger partial charge in [-0.3, -0.25) is 0 Å². The first kappa shape index (κ1) is 16.7. The third-order valence-corrected chi connectivity index (χ3v) is 4.43. The van der Waals surface area contributed by atoms with Crippen LogP contribution < -0.4 is 0 Å². The van der Waals surface area contributed by atoms with Crippen LogP contribution in [0.1, 0.15) is 30.5 Å². The largest absolute Gasteiger partial charge is 0.471 e. The van der Waals surface area contributed by atoms with Gasteiger partial charge in [0.15, 0.2) is 0 Å². The molecule has 0 atom stereocenters. The first-order chi connectivity index (χ1) is 11.4. The maximum atomic E-state index is 12.5. The SMILES string of the molecule is CCOC(=O)N(Cc1ccc(-c2noc(C(F)(F)F)n2)s1)C1CC1. The molecule has 0 aromatic carbocycles. The number of alkyl halides is 3. The molecular weight excluding hydrogens is 347 g/mol. The second-order valence-corrected chi connectivity index (χ2v) is 6.41. The summed E-state index contributed by atoms with van der Waals surface area (Å²) in [5.74, 6) is -1.49. The molecule has 2 aromatic rings. The zero-order chi connectivity index (χ0) is 17.3. The second-order valence-electron chi connectivity index (χ2n) is 5.24.